The molecule has 0 atom stereocenters. The van der Waals surface area contributed by atoms with Crippen molar-refractivity contribution < 1.29 is 14.3 Å². The van der Waals surface area contributed by atoms with E-state index in [1.807, 2.05) is 44.2 Å². The fraction of sp³-hybridized carbons (Fsp3) is 0.278. The highest BCUT2D eigenvalue weighted by Gasteiger charge is 2.29. The van der Waals surface area contributed by atoms with E-state index in [1.54, 1.807) is 32.4 Å². The van der Waals surface area contributed by atoms with Gasteiger partial charge < -0.3 is 14.8 Å². The van der Waals surface area contributed by atoms with Gasteiger partial charge >= 0.3 is 0 Å². The molecule has 1 N–H and O–H groups in total. The molecule has 0 radical (unpaired) electrons. The molecule has 0 aromatic heterocycles. The third-order valence-electron chi connectivity index (χ3n) is 3.30. The first-order valence-electron chi connectivity index (χ1n) is 7.24. The molecule has 0 bridgehead atoms. The fourth-order valence-electron chi connectivity index (χ4n) is 2.03. The number of hydrogen-bond donors (Lipinski definition) is 1. The zero-order valence-electron chi connectivity index (χ0n) is 13.8. The summed E-state index contributed by atoms with van der Waals surface area (Å²) in [5.41, 5.74) is 0.675. The Kier molecular flexibility index (Phi) is 5.55. The molecule has 0 saturated heterocycles. The third-order valence-corrected chi connectivity index (χ3v) is 4.51. The molecule has 0 fully saturated rings. The van der Waals surface area contributed by atoms with E-state index in [4.69, 9.17) is 9.47 Å². The van der Waals surface area contributed by atoms with Gasteiger partial charge in [0.15, 0.2) is 11.5 Å². The van der Waals surface area contributed by atoms with Crippen molar-refractivity contribution in [3.8, 4) is 11.5 Å². The normalized spacial score (nSPS) is 11.0. The Labute approximate surface area is 141 Å². The molecule has 0 aliphatic carbocycles. The van der Waals surface area contributed by atoms with Gasteiger partial charge in [-0.15, -0.1) is 11.8 Å². The summed E-state index contributed by atoms with van der Waals surface area (Å²) >= 11 is 1.52. The summed E-state index contributed by atoms with van der Waals surface area (Å²) in [5, 5.41) is 2.93. The van der Waals surface area contributed by atoms with E-state index in [0.717, 1.165) is 4.90 Å². The number of ether oxygens (including phenoxy) is 2. The Morgan fingerprint density at radius 1 is 1.00 bits per heavy atom. The zero-order valence-corrected chi connectivity index (χ0v) is 14.6. The largest absolute Gasteiger partial charge is 0.493 e. The van der Waals surface area contributed by atoms with Crippen LogP contribution < -0.4 is 14.8 Å². The molecule has 0 spiro atoms. The number of hydrogen-bond acceptors (Lipinski definition) is 4. The lowest BCUT2D eigenvalue weighted by molar-refractivity contribution is -0.117. The highest BCUT2D eigenvalue weighted by atomic mass is 32.2. The van der Waals surface area contributed by atoms with Crippen molar-refractivity contribution in [1.29, 1.82) is 0 Å². The third kappa shape index (κ3) is 4.42. The predicted molar refractivity (Wildman–Crippen MR) is 94.6 cm³/mol. The van der Waals surface area contributed by atoms with E-state index in [2.05, 4.69) is 5.32 Å². The van der Waals surface area contributed by atoms with Crippen LogP contribution in [0.2, 0.25) is 0 Å². The van der Waals surface area contributed by atoms with Crippen molar-refractivity contribution in [2.24, 2.45) is 0 Å². The Morgan fingerprint density at radius 2 is 1.65 bits per heavy atom. The van der Waals surface area contributed by atoms with Crippen molar-refractivity contribution in [2.45, 2.75) is 23.5 Å². The number of methoxy groups -OCH3 is 2. The molecule has 0 saturated carbocycles. The number of anilines is 1. The SMILES string of the molecule is COc1ccc(NC(=O)C(C)(C)Sc2ccccc2)cc1OC. The molecule has 0 aliphatic heterocycles. The van der Waals surface area contributed by atoms with Gasteiger partial charge in [0.25, 0.3) is 0 Å². The zero-order chi connectivity index (χ0) is 16.9. The quantitative estimate of drug-likeness (QED) is 0.805. The van der Waals surface area contributed by atoms with Crippen LogP contribution >= 0.6 is 11.8 Å². The van der Waals surface area contributed by atoms with Crippen LogP contribution in [-0.4, -0.2) is 24.9 Å². The predicted octanol–water partition coefficient (Wildman–Crippen LogP) is 4.21. The van der Waals surface area contributed by atoms with E-state index >= 15 is 0 Å². The van der Waals surface area contributed by atoms with Crippen molar-refractivity contribution in [3.63, 3.8) is 0 Å². The lowest BCUT2D eigenvalue weighted by Gasteiger charge is -2.23. The van der Waals surface area contributed by atoms with Gasteiger partial charge in [0.05, 0.1) is 19.0 Å². The molecular formula is C18H21NO3S. The first kappa shape index (κ1) is 17.2. The molecule has 2 aromatic carbocycles. The number of rotatable bonds is 6. The number of benzene rings is 2. The van der Waals surface area contributed by atoms with Crippen molar-refractivity contribution in [2.75, 3.05) is 19.5 Å². The highest BCUT2D eigenvalue weighted by molar-refractivity contribution is 8.01. The second-order valence-corrected chi connectivity index (χ2v) is 7.15. The second-order valence-electron chi connectivity index (χ2n) is 5.45. The average Bonchev–Trinajstić information content (AvgIpc) is 2.55. The van der Waals surface area contributed by atoms with Crippen LogP contribution in [0.4, 0.5) is 5.69 Å². The summed E-state index contributed by atoms with van der Waals surface area (Å²) in [4.78, 5) is 13.6. The maximum absolute atomic E-state index is 12.6. The van der Waals surface area contributed by atoms with Crippen molar-refractivity contribution >= 4 is 23.4 Å². The first-order chi connectivity index (χ1) is 11.0. The second kappa shape index (κ2) is 7.42. The van der Waals surface area contributed by atoms with Crippen molar-refractivity contribution in [3.05, 3.63) is 48.5 Å². The van der Waals surface area contributed by atoms with E-state index in [1.165, 1.54) is 11.8 Å². The van der Waals surface area contributed by atoms with Gasteiger partial charge in [-0.05, 0) is 38.1 Å². The lowest BCUT2D eigenvalue weighted by atomic mass is 10.2. The summed E-state index contributed by atoms with van der Waals surface area (Å²) in [7, 11) is 3.15. The molecule has 1 amide bonds. The van der Waals surface area contributed by atoms with Gasteiger partial charge in [-0.1, -0.05) is 18.2 Å². The highest BCUT2D eigenvalue weighted by Crippen LogP contribution is 2.34. The van der Waals surface area contributed by atoms with Gasteiger partial charge in [0, 0.05) is 16.6 Å². The maximum Gasteiger partial charge on any atom is 0.240 e. The molecular weight excluding hydrogens is 310 g/mol. The molecule has 0 heterocycles. The van der Waals surface area contributed by atoms with Crippen LogP contribution in [-0.2, 0) is 4.79 Å². The van der Waals surface area contributed by atoms with Crippen molar-refractivity contribution in [1.82, 2.24) is 0 Å². The van der Waals surface area contributed by atoms with Gasteiger partial charge in [-0.3, -0.25) is 4.79 Å². The topological polar surface area (TPSA) is 47.6 Å². The molecule has 0 unspecified atom stereocenters. The number of amides is 1. The summed E-state index contributed by atoms with van der Waals surface area (Å²) in [6, 6.07) is 15.2. The van der Waals surface area contributed by atoms with E-state index in [0.29, 0.717) is 17.2 Å². The van der Waals surface area contributed by atoms with Crippen LogP contribution in [0.3, 0.4) is 0 Å². The molecule has 23 heavy (non-hydrogen) atoms. The Morgan fingerprint density at radius 3 is 2.26 bits per heavy atom. The number of thioether (sulfide) groups is 1. The van der Waals surface area contributed by atoms with E-state index in [9.17, 15) is 4.79 Å². The standard InChI is InChI=1S/C18H21NO3S/c1-18(2,23-14-8-6-5-7-9-14)17(20)19-13-10-11-15(21-3)16(12-13)22-4/h5-12H,1-4H3,(H,19,20). The lowest BCUT2D eigenvalue weighted by Crippen LogP contribution is -2.33. The smallest absolute Gasteiger partial charge is 0.240 e. The summed E-state index contributed by atoms with van der Waals surface area (Å²) in [6.45, 7) is 3.81. The number of carbonyl (C=O) groups is 1. The summed E-state index contributed by atoms with van der Waals surface area (Å²) in [6.07, 6.45) is 0. The summed E-state index contributed by atoms with van der Waals surface area (Å²) in [5.74, 6) is 1.14. The van der Waals surface area contributed by atoms with Gasteiger partial charge in [0.1, 0.15) is 0 Å². The van der Waals surface area contributed by atoms with Crippen LogP contribution in [0.5, 0.6) is 11.5 Å². The van der Waals surface area contributed by atoms with Gasteiger partial charge in [0.2, 0.25) is 5.91 Å². The Bertz CT molecular complexity index is 671. The average molecular weight is 331 g/mol. The monoisotopic (exact) mass is 331 g/mol. The molecule has 5 heteroatoms. The Hall–Kier alpha value is -2.14. The fourth-order valence-corrected chi connectivity index (χ4v) is 3.05. The van der Waals surface area contributed by atoms with Crippen LogP contribution in [0.1, 0.15) is 13.8 Å². The minimum absolute atomic E-state index is 0.0708. The van der Waals surface area contributed by atoms with Gasteiger partial charge in [-0.2, -0.15) is 0 Å². The minimum Gasteiger partial charge on any atom is -0.493 e. The minimum atomic E-state index is -0.603. The van der Waals surface area contributed by atoms with E-state index < -0.39 is 4.75 Å². The van der Waals surface area contributed by atoms with Crippen LogP contribution in [0.15, 0.2) is 53.4 Å². The molecule has 4 nitrogen and oxygen atoms in total. The first-order valence-corrected chi connectivity index (χ1v) is 8.05. The summed E-state index contributed by atoms with van der Waals surface area (Å²) < 4.78 is 9.86. The van der Waals surface area contributed by atoms with Crippen LogP contribution in [0, 0.1) is 0 Å². The number of nitrogens with one attached hydrogen (secondary N) is 1. The Balaban J connectivity index is 2.11. The molecule has 2 aromatic rings. The number of carbonyl (C=O) groups excluding carboxylic acids is 1. The van der Waals surface area contributed by atoms with Gasteiger partial charge in [-0.25, -0.2) is 0 Å². The molecule has 2 rings (SSSR count). The van der Waals surface area contributed by atoms with E-state index in [-0.39, 0.29) is 5.91 Å². The molecule has 0 aliphatic rings. The van der Waals surface area contributed by atoms with Crippen LogP contribution in [0.25, 0.3) is 0 Å². The maximum atomic E-state index is 12.6. The molecule has 122 valence electrons.